The lowest BCUT2D eigenvalue weighted by Crippen LogP contribution is -2.30. The van der Waals surface area contributed by atoms with Gasteiger partial charge in [0.15, 0.2) is 6.61 Å². The van der Waals surface area contributed by atoms with Gasteiger partial charge in [-0.1, -0.05) is 12.1 Å². The standard InChI is InChI=1S/C21H20N2O5S/c1-14-8-9-17(28-14)12-23(2)19(24)13-27-21(26)15-5-3-6-16(11-15)22-20(25)18-7-4-10-29-18/h3-11H,12-13H2,1-2H3,(H,22,25). The normalized spacial score (nSPS) is 10.4. The summed E-state index contributed by atoms with van der Waals surface area (Å²) in [5.74, 6) is 0.162. The molecule has 2 heterocycles. The van der Waals surface area contributed by atoms with Gasteiger partial charge in [-0.3, -0.25) is 9.59 Å². The van der Waals surface area contributed by atoms with Gasteiger partial charge < -0.3 is 19.4 Å². The zero-order chi connectivity index (χ0) is 20.8. The smallest absolute Gasteiger partial charge is 0.338 e. The largest absolute Gasteiger partial charge is 0.464 e. The van der Waals surface area contributed by atoms with Gasteiger partial charge in [-0.15, -0.1) is 11.3 Å². The molecule has 0 spiro atoms. The van der Waals surface area contributed by atoms with Crippen LogP contribution in [0.25, 0.3) is 0 Å². The molecule has 0 fully saturated rings. The van der Waals surface area contributed by atoms with E-state index in [1.807, 2.05) is 18.4 Å². The number of anilines is 1. The van der Waals surface area contributed by atoms with E-state index in [1.54, 1.807) is 43.4 Å². The zero-order valence-corrected chi connectivity index (χ0v) is 16.8. The van der Waals surface area contributed by atoms with E-state index in [9.17, 15) is 14.4 Å². The van der Waals surface area contributed by atoms with E-state index in [4.69, 9.17) is 9.15 Å². The third kappa shape index (κ3) is 5.55. The summed E-state index contributed by atoms with van der Waals surface area (Å²) >= 11 is 1.32. The summed E-state index contributed by atoms with van der Waals surface area (Å²) in [5.41, 5.74) is 0.709. The number of benzene rings is 1. The van der Waals surface area contributed by atoms with Crippen molar-refractivity contribution in [2.24, 2.45) is 0 Å². The molecule has 0 unspecified atom stereocenters. The fraction of sp³-hybridized carbons (Fsp3) is 0.190. The molecule has 0 saturated carbocycles. The van der Waals surface area contributed by atoms with Gasteiger partial charge in [-0.05, 0) is 48.7 Å². The summed E-state index contributed by atoms with van der Waals surface area (Å²) in [4.78, 5) is 38.6. The topological polar surface area (TPSA) is 88.9 Å². The highest BCUT2D eigenvalue weighted by molar-refractivity contribution is 7.12. The van der Waals surface area contributed by atoms with Gasteiger partial charge in [-0.25, -0.2) is 4.79 Å². The van der Waals surface area contributed by atoms with E-state index in [2.05, 4.69) is 5.32 Å². The van der Waals surface area contributed by atoms with Gasteiger partial charge in [0.2, 0.25) is 0 Å². The van der Waals surface area contributed by atoms with Crippen LogP contribution in [0.1, 0.15) is 31.6 Å². The van der Waals surface area contributed by atoms with E-state index in [0.29, 0.717) is 16.3 Å². The Morgan fingerprint density at radius 2 is 1.97 bits per heavy atom. The number of amides is 2. The van der Waals surface area contributed by atoms with Crippen LogP contribution in [0.3, 0.4) is 0 Å². The molecule has 2 aromatic heterocycles. The number of thiophene rings is 1. The van der Waals surface area contributed by atoms with Crippen molar-refractivity contribution in [3.8, 4) is 0 Å². The molecule has 0 atom stereocenters. The number of aryl methyl sites for hydroxylation is 1. The van der Waals surface area contributed by atoms with Crippen molar-refractivity contribution in [1.29, 1.82) is 0 Å². The first-order valence-corrected chi connectivity index (χ1v) is 9.71. The zero-order valence-electron chi connectivity index (χ0n) is 16.0. The number of carbonyl (C=O) groups is 3. The minimum absolute atomic E-state index is 0.242. The molecule has 1 aromatic carbocycles. The number of hydrogen-bond acceptors (Lipinski definition) is 6. The van der Waals surface area contributed by atoms with Crippen LogP contribution >= 0.6 is 11.3 Å². The van der Waals surface area contributed by atoms with Gasteiger partial charge in [0.05, 0.1) is 17.0 Å². The molecule has 0 aliphatic heterocycles. The molecule has 3 rings (SSSR count). The van der Waals surface area contributed by atoms with Gasteiger partial charge in [0.1, 0.15) is 11.5 Å². The third-order valence-corrected chi connectivity index (χ3v) is 4.91. The molecular weight excluding hydrogens is 392 g/mol. The van der Waals surface area contributed by atoms with Crippen molar-refractivity contribution in [1.82, 2.24) is 4.90 Å². The van der Waals surface area contributed by atoms with Crippen LogP contribution in [0.4, 0.5) is 5.69 Å². The maximum absolute atomic E-state index is 12.3. The van der Waals surface area contributed by atoms with E-state index < -0.39 is 5.97 Å². The molecule has 0 bridgehead atoms. The predicted octanol–water partition coefficient (Wildman–Crippen LogP) is 3.72. The number of ether oxygens (including phenoxy) is 1. The number of nitrogens with one attached hydrogen (secondary N) is 1. The molecule has 2 amide bonds. The second kappa shape index (κ2) is 9.20. The van der Waals surface area contributed by atoms with Crippen molar-refractivity contribution in [2.45, 2.75) is 13.5 Å². The van der Waals surface area contributed by atoms with Crippen molar-refractivity contribution in [2.75, 3.05) is 19.0 Å². The van der Waals surface area contributed by atoms with Crippen LogP contribution in [0.2, 0.25) is 0 Å². The monoisotopic (exact) mass is 412 g/mol. The van der Waals surface area contributed by atoms with Crippen LogP contribution in [0, 0.1) is 6.92 Å². The Kier molecular flexibility index (Phi) is 6.46. The average Bonchev–Trinajstić information content (AvgIpc) is 3.38. The van der Waals surface area contributed by atoms with E-state index in [-0.39, 0.29) is 30.5 Å². The quantitative estimate of drug-likeness (QED) is 0.598. The lowest BCUT2D eigenvalue weighted by Gasteiger charge is -2.15. The molecule has 1 N–H and O–H groups in total. The highest BCUT2D eigenvalue weighted by Gasteiger charge is 2.16. The Morgan fingerprint density at radius 1 is 1.14 bits per heavy atom. The Morgan fingerprint density at radius 3 is 2.66 bits per heavy atom. The second-order valence-electron chi connectivity index (χ2n) is 6.35. The van der Waals surface area contributed by atoms with Gasteiger partial charge in [0.25, 0.3) is 11.8 Å². The number of esters is 1. The lowest BCUT2D eigenvalue weighted by molar-refractivity contribution is -0.134. The van der Waals surface area contributed by atoms with Gasteiger partial charge in [-0.2, -0.15) is 0 Å². The molecule has 8 heteroatoms. The second-order valence-corrected chi connectivity index (χ2v) is 7.30. The van der Waals surface area contributed by atoms with E-state index in [0.717, 1.165) is 5.76 Å². The number of rotatable bonds is 7. The van der Waals surface area contributed by atoms with Gasteiger partial charge in [0, 0.05) is 12.7 Å². The molecule has 7 nitrogen and oxygen atoms in total. The van der Waals surface area contributed by atoms with E-state index in [1.165, 1.54) is 22.3 Å². The fourth-order valence-electron chi connectivity index (χ4n) is 2.54. The first-order chi connectivity index (χ1) is 13.9. The number of furan rings is 1. The van der Waals surface area contributed by atoms with Crippen LogP contribution in [-0.4, -0.2) is 36.3 Å². The predicted molar refractivity (Wildman–Crippen MR) is 109 cm³/mol. The minimum Gasteiger partial charge on any atom is -0.464 e. The third-order valence-electron chi connectivity index (χ3n) is 4.04. The number of carbonyl (C=O) groups excluding carboxylic acids is 3. The first kappa shape index (κ1) is 20.3. The maximum Gasteiger partial charge on any atom is 0.338 e. The molecule has 3 aromatic rings. The van der Waals surface area contributed by atoms with Crippen LogP contribution < -0.4 is 5.32 Å². The van der Waals surface area contributed by atoms with Crippen molar-refractivity contribution in [3.63, 3.8) is 0 Å². The van der Waals surface area contributed by atoms with Crippen molar-refractivity contribution in [3.05, 3.63) is 75.9 Å². The van der Waals surface area contributed by atoms with Crippen molar-refractivity contribution < 1.29 is 23.5 Å². The first-order valence-electron chi connectivity index (χ1n) is 8.83. The summed E-state index contributed by atoms with van der Waals surface area (Å²) in [6, 6.07) is 13.5. The summed E-state index contributed by atoms with van der Waals surface area (Å²) in [5, 5.41) is 4.54. The number of likely N-dealkylation sites (N-methyl/N-ethyl adjacent to an activating group) is 1. The lowest BCUT2D eigenvalue weighted by atomic mass is 10.2. The Balaban J connectivity index is 1.53. The van der Waals surface area contributed by atoms with Crippen LogP contribution in [-0.2, 0) is 16.1 Å². The molecule has 0 radical (unpaired) electrons. The number of nitrogens with zero attached hydrogens (tertiary/aromatic N) is 1. The maximum atomic E-state index is 12.3. The summed E-state index contributed by atoms with van der Waals surface area (Å²) in [6.45, 7) is 1.72. The molecule has 0 aliphatic rings. The Labute approximate surface area is 171 Å². The highest BCUT2D eigenvalue weighted by atomic mass is 32.1. The Bertz CT molecular complexity index is 1010. The van der Waals surface area contributed by atoms with Crippen LogP contribution in [0.15, 0.2) is 58.3 Å². The van der Waals surface area contributed by atoms with Crippen molar-refractivity contribution >= 4 is 34.8 Å². The Hall–Kier alpha value is -3.39. The highest BCUT2D eigenvalue weighted by Crippen LogP contribution is 2.16. The number of hydrogen-bond donors (Lipinski definition) is 1. The van der Waals surface area contributed by atoms with E-state index >= 15 is 0 Å². The SMILES string of the molecule is Cc1ccc(CN(C)C(=O)COC(=O)c2cccc(NC(=O)c3cccs3)c2)o1. The molecular formula is C21H20N2O5S. The average molecular weight is 412 g/mol. The fourth-order valence-corrected chi connectivity index (χ4v) is 3.16. The summed E-state index contributed by atoms with van der Waals surface area (Å²) in [7, 11) is 1.61. The molecule has 29 heavy (non-hydrogen) atoms. The minimum atomic E-state index is -0.646. The van der Waals surface area contributed by atoms with Crippen LogP contribution in [0.5, 0.6) is 0 Å². The van der Waals surface area contributed by atoms with Gasteiger partial charge >= 0.3 is 5.97 Å². The summed E-state index contributed by atoms with van der Waals surface area (Å²) < 4.78 is 10.6. The molecule has 0 saturated heterocycles. The molecule has 150 valence electrons. The summed E-state index contributed by atoms with van der Waals surface area (Å²) in [6.07, 6.45) is 0. The molecule has 0 aliphatic carbocycles.